The summed E-state index contributed by atoms with van der Waals surface area (Å²) in [5.41, 5.74) is 0.717. The van der Waals surface area contributed by atoms with Gasteiger partial charge in [-0.1, -0.05) is 42.8 Å². The van der Waals surface area contributed by atoms with Crippen molar-refractivity contribution >= 4 is 39.5 Å². The molecule has 0 fully saturated rings. The number of carbonyl (C=O) groups is 1. The van der Waals surface area contributed by atoms with Gasteiger partial charge in [0, 0.05) is 20.8 Å². The number of carbonyl (C=O) groups excluding carboxylic acids is 1. The number of ketones is 1. The molecule has 1 heterocycles. The van der Waals surface area contributed by atoms with E-state index in [1.54, 1.807) is 17.4 Å². The van der Waals surface area contributed by atoms with E-state index in [9.17, 15) is 4.79 Å². The van der Waals surface area contributed by atoms with Crippen molar-refractivity contribution in [2.75, 3.05) is 0 Å². The van der Waals surface area contributed by atoms with Gasteiger partial charge in [0.1, 0.15) is 0 Å². The highest BCUT2D eigenvalue weighted by molar-refractivity contribution is 7.14. The fourth-order valence-electron chi connectivity index (χ4n) is 2.28. The maximum Gasteiger partial charge on any atom is 0.203 e. The normalized spacial score (nSPS) is 10.9. The molecule has 20 heavy (non-hydrogen) atoms. The van der Waals surface area contributed by atoms with Gasteiger partial charge in [-0.3, -0.25) is 4.79 Å². The van der Waals surface area contributed by atoms with Crippen LogP contribution in [0, 0.1) is 0 Å². The number of benzene rings is 2. The molecular formula is C17H13ClOS. The lowest BCUT2D eigenvalue weighted by atomic mass is 10.0. The molecule has 0 aliphatic carbocycles. The summed E-state index contributed by atoms with van der Waals surface area (Å²) in [6.07, 6.45) is 0.958. The standard InChI is InChI=1S/C17H13ClOS/c1-2-11-7-10-16(20-11)17(19)14-8-9-15(18)13-6-4-3-5-12(13)14/h3-10H,2H2,1H3. The predicted octanol–water partition coefficient (Wildman–Crippen LogP) is 5.35. The molecule has 0 amide bonds. The Balaban J connectivity index is 2.14. The molecule has 0 atom stereocenters. The van der Waals surface area contributed by atoms with Crippen LogP contribution in [0.5, 0.6) is 0 Å². The fourth-order valence-corrected chi connectivity index (χ4v) is 3.41. The first-order valence-electron chi connectivity index (χ1n) is 6.51. The van der Waals surface area contributed by atoms with Gasteiger partial charge in [-0.25, -0.2) is 0 Å². The molecule has 0 saturated carbocycles. The van der Waals surface area contributed by atoms with Crippen LogP contribution in [-0.4, -0.2) is 5.78 Å². The number of fused-ring (bicyclic) bond motifs is 1. The Labute approximate surface area is 126 Å². The molecule has 0 spiro atoms. The predicted molar refractivity (Wildman–Crippen MR) is 86.1 cm³/mol. The average molecular weight is 301 g/mol. The third-order valence-corrected chi connectivity index (χ3v) is 4.91. The minimum atomic E-state index is 0.0718. The molecule has 3 aromatic rings. The molecule has 2 aromatic carbocycles. The Morgan fingerprint density at radius 1 is 1.05 bits per heavy atom. The van der Waals surface area contributed by atoms with E-state index >= 15 is 0 Å². The van der Waals surface area contributed by atoms with Crippen molar-refractivity contribution in [2.45, 2.75) is 13.3 Å². The van der Waals surface area contributed by atoms with Crippen molar-refractivity contribution in [1.82, 2.24) is 0 Å². The van der Waals surface area contributed by atoms with Crippen molar-refractivity contribution in [2.24, 2.45) is 0 Å². The summed E-state index contributed by atoms with van der Waals surface area (Å²) in [4.78, 5) is 14.7. The van der Waals surface area contributed by atoms with E-state index in [0.717, 1.165) is 27.6 Å². The van der Waals surface area contributed by atoms with E-state index in [1.807, 2.05) is 42.5 Å². The van der Waals surface area contributed by atoms with E-state index in [2.05, 4.69) is 6.92 Å². The zero-order chi connectivity index (χ0) is 14.1. The molecule has 0 aliphatic heterocycles. The first-order valence-corrected chi connectivity index (χ1v) is 7.71. The molecule has 0 saturated heterocycles. The van der Waals surface area contributed by atoms with E-state index in [4.69, 9.17) is 11.6 Å². The number of thiophene rings is 1. The van der Waals surface area contributed by atoms with Crippen LogP contribution in [0.15, 0.2) is 48.5 Å². The molecule has 0 N–H and O–H groups in total. The van der Waals surface area contributed by atoms with Crippen LogP contribution in [0.2, 0.25) is 5.02 Å². The molecule has 0 radical (unpaired) electrons. The number of hydrogen-bond donors (Lipinski definition) is 0. The smallest absolute Gasteiger partial charge is 0.203 e. The van der Waals surface area contributed by atoms with Gasteiger partial charge in [0.15, 0.2) is 0 Å². The Hall–Kier alpha value is -1.64. The Kier molecular flexibility index (Phi) is 3.60. The zero-order valence-corrected chi connectivity index (χ0v) is 12.6. The van der Waals surface area contributed by atoms with Crippen LogP contribution in [0.3, 0.4) is 0 Å². The Bertz CT molecular complexity index is 789. The molecule has 100 valence electrons. The summed E-state index contributed by atoms with van der Waals surface area (Å²) < 4.78 is 0. The number of halogens is 1. The summed E-state index contributed by atoms with van der Waals surface area (Å²) in [5.74, 6) is 0.0718. The molecule has 0 bridgehead atoms. The molecule has 0 unspecified atom stereocenters. The summed E-state index contributed by atoms with van der Waals surface area (Å²) in [6.45, 7) is 2.10. The van der Waals surface area contributed by atoms with Crippen molar-refractivity contribution < 1.29 is 4.79 Å². The molecule has 3 rings (SSSR count). The van der Waals surface area contributed by atoms with E-state index in [0.29, 0.717) is 5.02 Å². The Morgan fingerprint density at radius 3 is 2.50 bits per heavy atom. The molecule has 1 nitrogen and oxygen atoms in total. The van der Waals surface area contributed by atoms with E-state index < -0.39 is 0 Å². The number of hydrogen-bond acceptors (Lipinski definition) is 2. The minimum Gasteiger partial charge on any atom is -0.288 e. The van der Waals surface area contributed by atoms with E-state index in [-0.39, 0.29) is 5.78 Å². The highest BCUT2D eigenvalue weighted by atomic mass is 35.5. The van der Waals surface area contributed by atoms with Crippen molar-refractivity contribution in [3.8, 4) is 0 Å². The largest absolute Gasteiger partial charge is 0.288 e. The van der Waals surface area contributed by atoms with Crippen LogP contribution >= 0.6 is 22.9 Å². The quantitative estimate of drug-likeness (QED) is 0.596. The third-order valence-electron chi connectivity index (χ3n) is 3.35. The van der Waals surface area contributed by atoms with Crippen LogP contribution in [0.4, 0.5) is 0 Å². The lowest BCUT2D eigenvalue weighted by Crippen LogP contribution is -1.99. The maximum atomic E-state index is 12.7. The lowest BCUT2D eigenvalue weighted by molar-refractivity contribution is 0.104. The SMILES string of the molecule is CCc1ccc(C(=O)c2ccc(Cl)c3ccccc23)s1. The van der Waals surface area contributed by atoms with Gasteiger partial charge >= 0.3 is 0 Å². The Morgan fingerprint density at radius 2 is 1.80 bits per heavy atom. The van der Waals surface area contributed by atoms with Gasteiger partial charge in [0.05, 0.1) is 4.88 Å². The third kappa shape index (κ3) is 2.26. The van der Waals surface area contributed by atoms with Gasteiger partial charge < -0.3 is 0 Å². The van der Waals surface area contributed by atoms with Gasteiger partial charge in [0.25, 0.3) is 0 Å². The van der Waals surface area contributed by atoms with E-state index in [1.165, 1.54) is 4.88 Å². The topological polar surface area (TPSA) is 17.1 Å². The second-order valence-corrected chi connectivity index (χ2v) is 6.16. The van der Waals surface area contributed by atoms with Gasteiger partial charge in [0.2, 0.25) is 5.78 Å². The maximum absolute atomic E-state index is 12.7. The molecule has 0 aliphatic rings. The van der Waals surface area contributed by atoms with Gasteiger partial charge in [-0.15, -0.1) is 11.3 Å². The van der Waals surface area contributed by atoms with Crippen LogP contribution in [0.25, 0.3) is 10.8 Å². The second-order valence-electron chi connectivity index (χ2n) is 4.59. The van der Waals surface area contributed by atoms with Gasteiger partial charge in [-0.2, -0.15) is 0 Å². The first-order chi connectivity index (χ1) is 9.70. The summed E-state index contributed by atoms with van der Waals surface area (Å²) >= 11 is 7.76. The van der Waals surface area contributed by atoms with Crippen molar-refractivity contribution in [3.05, 3.63) is 68.9 Å². The van der Waals surface area contributed by atoms with Crippen LogP contribution in [0.1, 0.15) is 27.0 Å². The second kappa shape index (κ2) is 5.39. The van der Waals surface area contributed by atoms with Crippen molar-refractivity contribution in [3.63, 3.8) is 0 Å². The van der Waals surface area contributed by atoms with Crippen LogP contribution < -0.4 is 0 Å². The fraction of sp³-hybridized carbons (Fsp3) is 0.118. The summed E-state index contributed by atoms with van der Waals surface area (Å²) in [6, 6.07) is 15.3. The number of aryl methyl sites for hydroxylation is 1. The monoisotopic (exact) mass is 300 g/mol. The molecule has 3 heteroatoms. The summed E-state index contributed by atoms with van der Waals surface area (Å²) in [7, 11) is 0. The van der Waals surface area contributed by atoms with Crippen LogP contribution in [-0.2, 0) is 6.42 Å². The zero-order valence-electron chi connectivity index (χ0n) is 11.0. The molecular weight excluding hydrogens is 288 g/mol. The first kappa shape index (κ1) is 13.3. The average Bonchev–Trinajstić information content (AvgIpc) is 2.96. The highest BCUT2D eigenvalue weighted by Crippen LogP contribution is 2.29. The molecule has 1 aromatic heterocycles. The minimum absolute atomic E-state index is 0.0718. The lowest BCUT2D eigenvalue weighted by Gasteiger charge is -2.06. The van der Waals surface area contributed by atoms with Gasteiger partial charge in [-0.05, 0) is 36.1 Å². The number of rotatable bonds is 3. The summed E-state index contributed by atoms with van der Waals surface area (Å²) in [5, 5.41) is 2.52. The van der Waals surface area contributed by atoms with Crippen molar-refractivity contribution in [1.29, 1.82) is 0 Å². The highest BCUT2D eigenvalue weighted by Gasteiger charge is 2.15.